The van der Waals surface area contributed by atoms with E-state index in [-0.39, 0.29) is 5.97 Å². The number of hydrogen-bond acceptors (Lipinski definition) is 4. The van der Waals surface area contributed by atoms with Gasteiger partial charge >= 0.3 is 5.97 Å². The van der Waals surface area contributed by atoms with Gasteiger partial charge < -0.3 is 15.0 Å². The van der Waals surface area contributed by atoms with Crippen LogP contribution < -0.4 is 5.32 Å². The lowest BCUT2D eigenvalue weighted by Gasteiger charge is -2.32. The Hall–Kier alpha value is -0.610. The fraction of sp³-hybridized carbons (Fsp3) is 0.933. The van der Waals surface area contributed by atoms with Gasteiger partial charge in [0.05, 0.1) is 6.61 Å². The van der Waals surface area contributed by atoms with E-state index in [9.17, 15) is 4.79 Å². The van der Waals surface area contributed by atoms with Crippen LogP contribution in [-0.4, -0.2) is 49.2 Å². The van der Waals surface area contributed by atoms with E-state index < -0.39 is 5.54 Å². The first kappa shape index (κ1) is 16.4. The monoisotopic (exact) mass is 270 g/mol. The lowest BCUT2D eigenvalue weighted by Crippen LogP contribution is -2.57. The van der Waals surface area contributed by atoms with Crippen molar-refractivity contribution in [3.8, 4) is 0 Å². The predicted octanol–water partition coefficient (Wildman–Crippen LogP) is 2.04. The van der Waals surface area contributed by atoms with Gasteiger partial charge in [-0.2, -0.15) is 0 Å². The third-order valence-electron chi connectivity index (χ3n) is 3.90. The highest BCUT2D eigenvalue weighted by Crippen LogP contribution is 2.23. The first-order chi connectivity index (χ1) is 9.05. The van der Waals surface area contributed by atoms with Crippen molar-refractivity contribution in [3.05, 3.63) is 0 Å². The highest BCUT2D eigenvalue weighted by Gasteiger charge is 2.37. The summed E-state index contributed by atoms with van der Waals surface area (Å²) in [4.78, 5) is 14.5. The Morgan fingerprint density at radius 1 is 1.42 bits per heavy atom. The van der Waals surface area contributed by atoms with Crippen LogP contribution in [0.4, 0.5) is 0 Å². The van der Waals surface area contributed by atoms with Crippen LogP contribution in [-0.2, 0) is 9.53 Å². The van der Waals surface area contributed by atoms with Crippen LogP contribution >= 0.6 is 0 Å². The highest BCUT2D eigenvalue weighted by molar-refractivity contribution is 5.80. The predicted molar refractivity (Wildman–Crippen MR) is 78.2 cm³/mol. The Kier molecular flexibility index (Phi) is 6.80. The fourth-order valence-electron chi connectivity index (χ4n) is 3.02. The van der Waals surface area contributed by atoms with Crippen LogP contribution in [0.2, 0.25) is 0 Å². The maximum absolute atomic E-state index is 12.1. The van der Waals surface area contributed by atoms with Crippen molar-refractivity contribution in [3.63, 3.8) is 0 Å². The van der Waals surface area contributed by atoms with E-state index in [1.54, 1.807) is 0 Å². The molecule has 0 bridgehead atoms. The zero-order valence-corrected chi connectivity index (χ0v) is 13.0. The summed E-state index contributed by atoms with van der Waals surface area (Å²) in [6, 6.07) is 0. The summed E-state index contributed by atoms with van der Waals surface area (Å²) in [6.45, 7) is 12.3. The first-order valence-corrected chi connectivity index (χ1v) is 7.70. The zero-order chi connectivity index (χ0) is 14.3. The molecule has 0 aliphatic carbocycles. The first-order valence-electron chi connectivity index (χ1n) is 7.70. The highest BCUT2D eigenvalue weighted by atomic mass is 16.5. The molecule has 1 N–H and O–H groups in total. The molecule has 19 heavy (non-hydrogen) atoms. The van der Waals surface area contributed by atoms with Gasteiger partial charge in [0.2, 0.25) is 0 Å². The van der Waals surface area contributed by atoms with Crippen LogP contribution in [0, 0.1) is 5.92 Å². The van der Waals surface area contributed by atoms with E-state index in [0.29, 0.717) is 6.61 Å². The Labute approximate surface area is 117 Å². The SMILES string of the molecule is CCCC1CCN(CC(C)(NCC)C(=O)OCC)C1. The maximum Gasteiger partial charge on any atom is 0.327 e. The number of nitrogens with one attached hydrogen (secondary N) is 1. The van der Waals surface area contributed by atoms with E-state index >= 15 is 0 Å². The smallest absolute Gasteiger partial charge is 0.327 e. The molecule has 0 amide bonds. The van der Waals surface area contributed by atoms with Crippen LogP contribution in [0.15, 0.2) is 0 Å². The van der Waals surface area contributed by atoms with E-state index in [2.05, 4.69) is 17.1 Å². The number of likely N-dealkylation sites (N-methyl/N-ethyl adjacent to an activating group) is 1. The van der Waals surface area contributed by atoms with Crippen molar-refractivity contribution in [1.29, 1.82) is 0 Å². The fourth-order valence-corrected chi connectivity index (χ4v) is 3.02. The van der Waals surface area contributed by atoms with Crippen LogP contribution in [0.3, 0.4) is 0 Å². The third-order valence-corrected chi connectivity index (χ3v) is 3.90. The molecule has 0 aromatic rings. The molecular weight excluding hydrogens is 240 g/mol. The van der Waals surface area contributed by atoms with Gasteiger partial charge in [-0.3, -0.25) is 4.79 Å². The molecule has 2 unspecified atom stereocenters. The van der Waals surface area contributed by atoms with Gasteiger partial charge in [0.1, 0.15) is 5.54 Å². The minimum Gasteiger partial charge on any atom is -0.465 e. The number of carbonyl (C=O) groups excluding carboxylic acids is 1. The average molecular weight is 270 g/mol. The molecule has 0 aromatic heterocycles. The molecular formula is C15H30N2O2. The molecule has 1 saturated heterocycles. The van der Waals surface area contributed by atoms with Crippen LogP contribution in [0.5, 0.6) is 0 Å². The Morgan fingerprint density at radius 2 is 2.16 bits per heavy atom. The minimum atomic E-state index is -0.578. The second kappa shape index (κ2) is 7.85. The van der Waals surface area contributed by atoms with Crippen LogP contribution in [0.1, 0.15) is 47.0 Å². The van der Waals surface area contributed by atoms with Gasteiger partial charge in [-0.05, 0) is 45.7 Å². The molecule has 2 atom stereocenters. The number of carbonyl (C=O) groups is 1. The number of ether oxygens (including phenoxy) is 1. The van der Waals surface area contributed by atoms with E-state index in [1.165, 1.54) is 19.3 Å². The molecule has 0 saturated carbocycles. The van der Waals surface area contributed by atoms with Crippen molar-refractivity contribution < 1.29 is 9.53 Å². The third kappa shape index (κ3) is 4.77. The van der Waals surface area contributed by atoms with Crippen molar-refractivity contribution >= 4 is 5.97 Å². The molecule has 112 valence electrons. The molecule has 0 aromatic carbocycles. The van der Waals surface area contributed by atoms with E-state index in [4.69, 9.17) is 4.74 Å². The summed E-state index contributed by atoms with van der Waals surface area (Å²) in [6.07, 6.45) is 3.81. The normalized spacial score (nSPS) is 23.3. The molecule has 0 radical (unpaired) electrons. The molecule has 0 spiro atoms. The number of likely N-dealkylation sites (tertiary alicyclic amines) is 1. The van der Waals surface area contributed by atoms with E-state index in [0.717, 1.165) is 32.1 Å². The molecule has 1 aliphatic rings. The van der Waals surface area contributed by atoms with Gasteiger partial charge in [0, 0.05) is 13.1 Å². The zero-order valence-electron chi connectivity index (χ0n) is 13.0. The summed E-state index contributed by atoms with van der Waals surface area (Å²) >= 11 is 0. The van der Waals surface area contributed by atoms with Gasteiger partial charge in [-0.15, -0.1) is 0 Å². The van der Waals surface area contributed by atoms with Crippen molar-refractivity contribution in [2.45, 2.75) is 52.5 Å². The Morgan fingerprint density at radius 3 is 2.74 bits per heavy atom. The van der Waals surface area contributed by atoms with Gasteiger partial charge in [-0.25, -0.2) is 0 Å². The minimum absolute atomic E-state index is 0.129. The second-order valence-corrected chi connectivity index (χ2v) is 5.76. The average Bonchev–Trinajstić information content (AvgIpc) is 2.77. The standard InChI is InChI=1S/C15H30N2O2/c1-5-8-13-9-10-17(11-13)12-15(4,16-6-2)14(18)19-7-3/h13,16H,5-12H2,1-4H3. The summed E-state index contributed by atoms with van der Waals surface area (Å²) in [5, 5.41) is 3.30. The van der Waals surface area contributed by atoms with Gasteiger partial charge in [0.15, 0.2) is 0 Å². The molecule has 1 heterocycles. The molecule has 4 nitrogen and oxygen atoms in total. The summed E-state index contributed by atoms with van der Waals surface area (Å²) in [7, 11) is 0. The van der Waals surface area contributed by atoms with Crippen LogP contribution in [0.25, 0.3) is 0 Å². The van der Waals surface area contributed by atoms with Crippen molar-refractivity contribution in [2.24, 2.45) is 5.92 Å². The summed E-state index contributed by atoms with van der Waals surface area (Å²) in [5.41, 5.74) is -0.578. The lowest BCUT2D eigenvalue weighted by atomic mass is 10.0. The van der Waals surface area contributed by atoms with Crippen molar-refractivity contribution in [2.75, 3.05) is 32.8 Å². The second-order valence-electron chi connectivity index (χ2n) is 5.76. The molecule has 1 rings (SSSR count). The maximum atomic E-state index is 12.1. The number of hydrogen-bond donors (Lipinski definition) is 1. The molecule has 1 aliphatic heterocycles. The van der Waals surface area contributed by atoms with E-state index in [1.807, 2.05) is 20.8 Å². The van der Waals surface area contributed by atoms with Gasteiger partial charge in [-0.1, -0.05) is 20.3 Å². The Balaban J connectivity index is 2.56. The molecule has 1 fully saturated rings. The lowest BCUT2D eigenvalue weighted by molar-refractivity contribution is -0.151. The topological polar surface area (TPSA) is 41.6 Å². The number of nitrogens with zero attached hydrogens (tertiary/aromatic N) is 1. The molecule has 4 heteroatoms. The summed E-state index contributed by atoms with van der Waals surface area (Å²) in [5.74, 6) is 0.675. The van der Waals surface area contributed by atoms with Gasteiger partial charge in [0.25, 0.3) is 0 Å². The number of rotatable bonds is 8. The quantitative estimate of drug-likeness (QED) is 0.685. The van der Waals surface area contributed by atoms with Crippen molar-refractivity contribution in [1.82, 2.24) is 10.2 Å². The Bertz CT molecular complexity index is 283. The summed E-state index contributed by atoms with van der Waals surface area (Å²) < 4.78 is 5.22. The number of esters is 1. The largest absolute Gasteiger partial charge is 0.465 e.